The van der Waals surface area contributed by atoms with E-state index < -0.39 is 0 Å². The average molecular weight is 311 g/mol. The average Bonchev–Trinajstić information content (AvgIpc) is 2.47. The first kappa shape index (κ1) is 15.9. The van der Waals surface area contributed by atoms with E-state index in [4.69, 9.17) is 0 Å². The largest absolute Gasteiger partial charge is 0.298 e. The highest BCUT2D eigenvalue weighted by molar-refractivity contribution is 5.15. The van der Waals surface area contributed by atoms with Gasteiger partial charge in [-0.2, -0.15) is 5.10 Å². The van der Waals surface area contributed by atoms with Gasteiger partial charge < -0.3 is 0 Å². The Bertz CT molecular complexity index is 709. The summed E-state index contributed by atoms with van der Waals surface area (Å²) in [6, 6.07) is 14.0. The topological polar surface area (TPSA) is 38.1 Å². The Kier molecular flexibility index (Phi) is 4.35. The van der Waals surface area contributed by atoms with Gasteiger partial charge in [-0.15, -0.1) is 0 Å². The van der Waals surface area contributed by atoms with Crippen molar-refractivity contribution in [3.8, 4) is 0 Å². The minimum Gasteiger partial charge on any atom is -0.298 e. The smallest absolute Gasteiger partial charge is 0.266 e. The molecule has 23 heavy (non-hydrogen) atoms. The number of benzene rings is 1. The molecule has 1 aromatic heterocycles. The molecule has 1 saturated heterocycles. The molecule has 1 aliphatic heterocycles. The standard InChI is InChI=1S/C19H25N3O/c1-19(2,3)17-9-10-18(23)22(20-17)14-16-12-21(13-16)11-15-7-5-4-6-8-15/h4-10,16H,11-14H2,1-3H3. The molecular weight excluding hydrogens is 286 g/mol. The number of rotatable bonds is 4. The van der Waals surface area contributed by atoms with E-state index in [-0.39, 0.29) is 11.0 Å². The van der Waals surface area contributed by atoms with E-state index in [0.29, 0.717) is 12.5 Å². The van der Waals surface area contributed by atoms with E-state index in [2.05, 4.69) is 55.0 Å². The summed E-state index contributed by atoms with van der Waals surface area (Å²) in [5.41, 5.74) is 2.28. The summed E-state index contributed by atoms with van der Waals surface area (Å²) in [7, 11) is 0. The highest BCUT2D eigenvalue weighted by atomic mass is 16.1. The molecule has 0 radical (unpaired) electrons. The van der Waals surface area contributed by atoms with Crippen molar-refractivity contribution in [1.29, 1.82) is 0 Å². The Hall–Kier alpha value is -1.94. The minimum absolute atomic E-state index is 0.000454. The lowest BCUT2D eigenvalue weighted by Gasteiger charge is -2.39. The molecule has 0 aliphatic carbocycles. The van der Waals surface area contributed by atoms with Crippen LogP contribution < -0.4 is 5.56 Å². The molecule has 0 amide bonds. The van der Waals surface area contributed by atoms with Crippen LogP contribution in [-0.2, 0) is 18.5 Å². The molecule has 0 bridgehead atoms. The van der Waals surface area contributed by atoms with Gasteiger partial charge in [0.1, 0.15) is 0 Å². The fourth-order valence-corrected chi connectivity index (χ4v) is 2.99. The van der Waals surface area contributed by atoms with Crippen LogP contribution in [0.1, 0.15) is 32.0 Å². The van der Waals surface area contributed by atoms with E-state index >= 15 is 0 Å². The van der Waals surface area contributed by atoms with E-state index in [1.807, 2.05) is 12.1 Å². The lowest BCUT2D eigenvalue weighted by molar-refractivity contribution is 0.0763. The molecule has 3 rings (SSSR count). The van der Waals surface area contributed by atoms with E-state index in [9.17, 15) is 4.79 Å². The Morgan fingerprint density at radius 1 is 1.09 bits per heavy atom. The SMILES string of the molecule is CC(C)(C)c1ccc(=O)n(CC2CN(Cc3ccccc3)C2)n1. The molecule has 122 valence electrons. The number of hydrogen-bond acceptors (Lipinski definition) is 3. The summed E-state index contributed by atoms with van der Waals surface area (Å²) in [5.74, 6) is 0.513. The number of hydrogen-bond donors (Lipinski definition) is 0. The third-order valence-corrected chi connectivity index (χ3v) is 4.35. The Morgan fingerprint density at radius 3 is 2.43 bits per heavy atom. The second kappa shape index (κ2) is 6.28. The van der Waals surface area contributed by atoms with E-state index in [0.717, 1.165) is 25.3 Å². The number of aromatic nitrogens is 2. The number of nitrogens with zero attached hydrogens (tertiary/aromatic N) is 3. The molecule has 0 unspecified atom stereocenters. The zero-order valence-electron chi connectivity index (χ0n) is 14.2. The van der Waals surface area contributed by atoms with Crippen LogP contribution in [0.3, 0.4) is 0 Å². The first-order valence-electron chi connectivity index (χ1n) is 8.27. The molecule has 0 N–H and O–H groups in total. The summed E-state index contributed by atoms with van der Waals surface area (Å²) in [5, 5.41) is 4.56. The Balaban J connectivity index is 1.59. The number of likely N-dealkylation sites (tertiary alicyclic amines) is 1. The summed E-state index contributed by atoms with van der Waals surface area (Å²) in [4.78, 5) is 14.4. The van der Waals surface area contributed by atoms with Crippen molar-refractivity contribution < 1.29 is 0 Å². The first-order valence-corrected chi connectivity index (χ1v) is 8.27. The molecule has 2 heterocycles. The highest BCUT2D eigenvalue weighted by Crippen LogP contribution is 2.21. The van der Waals surface area contributed by atoms with Gasteiger partial charge in [0.15, 0.2) is 0 Å². The quantitative estimate of drug-likeness (QED) is 0.871. The summed E-state index contributed by atoms with van der Waals surface area (Å²) >= 11 is 0. The zero-order chi connectivity index (χ0) is 16.4. The normalized spacial score (nSPS) is 16.3. The van der Waals surface area contributed by atoms with E-state index in [1.165, 1.54) is 5.56 Å². The fraction of sp³-hybridized carbons (Fsp3) is 0.474. The summed E-state index contributed by atoms with van der Waals surface area (Å²) in [6.07, 6.45) is 0. The molecule has 4 nitrogen and oxygen atoms in total. The predicted molar refractivity (Wildman–Crippen MR) is 92.4 cm³/mol. The second-order valence-electron chi connectivity index (χ2n) is 7.53. The van der Waals surface area contributed by atoms with Crippen molar-refractivity contribution >= 4 is 0 Å². The molecule has 0 spiro atoms. The van der Waals surface area contributed by atoms with Gasteiger partial charge in [-0.05, 0) is 11.6 Å². The van der Waals surface area contributed by atoms with Crippen LogP contribution in [0.15, 0.2) is 47.3 Å². The molecule has 0 saturated carbocycles. The zero-order valence-corrected chi connectivity index (χ0v) is 14.2. The lowest BCUT2D eigenvalue weighted by Crippen LogP contribution is -2.49. The van der Waals surface area contributed by atoms with Gasteiger partial charge in [0.25, 0.3) is 5.56 Å². The molecule has 4 heteroatoms. The molecule has 1 aliphatic rings. The lowest BCUT2D eigenvalue weighted by atomic mass is 9.92. The maximum Gasteiger partial charge on any atom is 0.266 e. The molecule has 1 fully saturated rings. The third-order valence-electron chi connectivity index (χ3n) is 4.35. The van der Waals surface area contributed by atoms with Crippen LogP contribution in [0, 0.1) is 5.92 Å². The van der Waals surface area contributed by atoms with Gasteiger partial charge in [-0.3, -0.25) is 9.69 Å². The van der Waals surface area contributed by atoms with Crippen molar-refractivity contribution in [2.75, 3.05) is 13.1 Å². The van der Waals surface area contributed by atoms with Crippen molar-refractivity contribution in [2.45, 2.75) is 39.3 Å². The van der Waals surface area contributed by atoms with Crippen LogP contribution >= 0.6 is 0 Å². The van der Waals surface area contributed by atoms with Crippen LogP contribution in [-0.4, -0.2) is 27.8 Å². The maximum absolute atomic E-state index is 12.0. The van der Waals surface area contributed by atoms with Crippen LogP contribution in [0.4, 0.5) is 0 Å². The highest BCUT2D eigenvalue weighted by Gasteiger charge is 2.27. The minimum atomic E-state index is -0.0333. The van der Waals surface area contributed by atoms with Gasteiger partial charge in [0, 0.05) is 37.0 Å². The van der Waals surface area contributed by atoms with Gasteiger partial charge in [0.2, 0.25) is 0 Å². The van der Waals surface area contributed by atoms with E-state index in [1.54, 1.807) is 10.7 Å². The van der Waals surface area contributed by atoms with Crippen LogP contribution in [0.2, 0.25) is 0 Å². The van der Waals surface area contributed by atoms with Crippen LogP contribution in [0.25, 0.3) is 0 Å². The Labute approximate surface area is 137 Å². The maximum atomic E-state index is 12.0. The summed E-state index contributed by atoms with van der Waals surface area (Å²) < 4.78 is 1.64. The van der Waals surface area contributed by atoms with Gasteiger partial charge in [-0.25, -0.2) is 4.68 Å². The van der Waals surface area contributed by atoms with Gasteiger partial charge in [-0.1, -0.05) is 51.1 Å². The molecule has 0 atom stereocenters. The second-order valence-corrected chi connectivity index (χ2v) is 7.53. The van der Waals surface area contributed by atoms with Crippen molar-refractivity contribution in [2.24, 2.45) is 5.92 Å². The molecule has 1 aromatic carbocycles. The molecule has 2 aromatic rings. The van der Waals surface area contributed by atoms with Crippen molar-refractivity contribution in [3.63, 3.8) is 0 Å². The third kappa shape index (κ3) is 3.88. The first-order chi connectivity index (χ1) is 10.9. The van der Waals surface area contributed by atoms with Crippen molar-refractivity contribution in [3.05, 3.63) is 64.1 Å². The van der Waals surface area contributed by atoms with Crippen LogP contribution in [0.5, 0.6) is 0 Å². The monoisotopic (exact) mass is 311 g/mol. The predicted octanol–water partition coefficient (Wildman–Crippen LogP) is 2.67. The van der Waals surface area contributed by atoms with Gasteiger partial charge in [0.05, 0.1) is 12.2 Å². The fourth-order valence-electron chi connectivity index (χ4n) is 2.99. The van der Waals surface area contributed by atoms with Gasteiger partial charge >= 0.3 is 0 Å². The summed E-state index contributed by atoms with van der Waals surface area (Å²) in [6.45, 7) is 10.1. The Morgan fingerprint density at radius 2 is 1.78 bits per heavy atom. The molecular formula is C19H25N3O. The van der Waals surface area contributed by atoms with Crippen molar-refractivity contribution in [1.82, 2.24) is 14.7 Å².